The standard InChI is InChI=1S/C9H7ClF4O/c10-7-3-5(8(15)4-11)1-2-6(7)9(12,13)14/h1-3,8,15H,4H2. The Balaban J connectivity index is 3.09. The maximum Gasteiger partial charge on any atom is 0.417 e. The first-order valence-corrected chi connectivity index (χ1v) is 4.34. The Labute approximate surface area is 88.3 Å². The third-order valence-electron chi connectivity index (χ3n) is 1.83. The van der Waals surface area contributed by atoms with E-state index in [4.69, 9.17) is 16.7 Å². The smallest absolute Gasteiger partial charge is 0.386 e. The first kappa shape index (κ1) is 12.3. The summed E-state index contributed by atoms with van der Waals surface area (Å²) < 4.78 is 48.8. The van der Waals surface area contributed by atoms with Gasteiger partial charge in [0.05, 0.1) is 10.6 Å². The van der Waals surface area contributed by atoms with Crippen molar-refractivity contribution in [3.05, 3.63) is 34.3 Å². The van der Waals surface area contributed by atoms with E-state index in [0.717, 1.165) is 18.2 Å². The molecule has 0 aliphatic carbocycles. The van der Waals surface area contributed by atoms with Crippen LogP contribution in [0.1, 0.15) is 17.2 Å². The van der Waals surface area contributed by atoms with Gasteiger partial charge in [-0.3, -0.25) is 0 Å². The summed E-state index contributed by atoms with van der Waals surface area (Å²) in [6.45, 7) is -1.07. The van der Waals surface area contributed by atoms with E-state index in [2.05, 4.69) is 0 Å². The van der Waals surface area contributed by atoms with E-state index >= 15 is 0 Å². The molecular weight excluding hydrogens is 236 g/mol. The Morgan fingerprint density at radius 3 is 2.33 bits per heavy atom. The molecule has 0 saturated heterocycles. The van der Waals surface area contributed by atoms with Gasteiger partial charge in [0.15, 0.2) is 0 Å². The fourth-order valence-electron chi connectivity index (χ4n) is 1.06. The fourth-order valence-corrected chi connectivity index (χ4v) is 1.35. The second kappa shape index (κ2) is 4.37. The summed E-state index contributed by atoms with van der Waals surface area (Å²) in [6.07, 6.45) is -5.99. The monoisotopic (exact) mass is 242 g/mol. The van der Waals surface area contributed by atoms with Crippen LogP contribution in [0.15, 0.2) is 18.2 Å². The maximum atomic E-state index is 12.2. The van der Waals surface area contributed by atoms with Crippen LogP contribution in [0.25, 0.3) is 0 Å². The molecule has 0 bridgehead atoms. The summed E-state index contributed by atoms with van der Waals surface area (Å²) in [5, 5.41) is 8.48. The summed E-state index contributed by atoms with van der Waals surface area (Å²) in [6, 6.07) is 2.63. The van der Waals surface area contributed by atoms with Crippen molar-refractivity contribution < 1.29 is 22.7 Å². The average Bonchev–Trinajstić information content (AvgIpc) is 2.14. The number of aliphatic hydroxyl groups is 1. The predicted octanol–water partition coefficient (Wildman–Crippen LogP) is 3.36. The Morgan fingerprint density at radius 2 is 1.93 bits per heavy atom. The molecule has 0 aliphatic rings. The molecule has 84 valence electrons. The highest BCUT2D eigenvalue weighted by atomic mass is 35.5. The number of rotatable bonds is 2. The first-order valence-electron chi connectivity index (χ1n) is 3.97. The lowest BCUT2D eigenvalue weighted by molar-refractivity contribution is -0.137. The summed E-state index contributed by atoms with van der Waals surface area (Å²) in [5.41, 5.74) is -0.977. The van der Waals surface area contributed by atoms with E-state index < -0.39 is 29.5 Å². The summed E-state index contributed by atoms with van der Waals surface area (Å²) in [5.74, 6) is 0. The molecule has 0 saturated carbocycles. The van der Waals surface area contributed by atoms with Crippen molar-refractivity contribution in [3.63, 3.8) is 0 Å². The van der Waals surface area contributed by atoms with Crippen molar-refractivity contribution >= 4 is 11.6 Å². The van der Waals surface area contributed by atoms with Crippen molar-refractivity contribution in [3.8, 4) is 0 Å². The minimum atomic E-state index is -4.55. The molecule has 1 aromatic rings. The van der Waals surface area contributed by atoms with Crippen LogP contribution in [-0.4, -0.2) is 11.8 Å². The molecule has 1 unspecified atom stereocenters. The van der Waals surface area contributed by atoms with Crippen molar-refractivity contribution in [1.29, 1.82) is 0 Å². The fraction of sp³-hybridized carbons (Fsp3) is 0.333. The number of hydrogen-bond acceptors (Lipinski definition) is 1. The first-order chi connectivity index (χ1) is 6.86. The van der Waals surface area contributed by atoms with Crippen molar-refractivity contribution in [1.82, 2.24) is 0 Å². The molecule has 1 aromatic carbocycles. The lowest BCUT2D eigenvalue weighted by Crippen LogP contribution is -2.07. The summed E-state index contributed by atoms with van der Waals surface area (Å²) >= 11 is 5.36. The molecule has 0 aromatic heterocycles. The molecule has 0 aliphatic heterocycles. The SMILES string of the molecule is OC(CF)c1ccc(C(F)(F)F)c(Cl)c1. The van der Waals surface area contributed by atoms with Gasteiger partial charge in [0.25, 0.3) is 0 Å². The topological polar surface area (TPSA) is 20.2 Å². The second-order valence-corrected chi connectivity index (χ2v) is 3.31. The van der Waals surface area contributed by atoms with Crippen LogP contribution in [0.4, 0.5) is 17.6 Å². The van der Waals surface area contributed by atoms with Gasteiger partial charge in [0.1, 0.15) is 12.8 Å². The highest BCUT2D eigenvalue weighted by molar-refractivity contribution is 6.31. The molecule has 1 atom stereocenters. The number of benzene rings is 1. The molecule has 0 amide bonds. The summed E-state index contributed by atoms with van der Waals surface area (Å²) in [4.78, 5) is 0. The van der Waals surface area contributed by atoms with Gasteiger partial charge in [0.2, 0.25) is 0 Å². The minimum Gasteiger partial charge on any atom is -0.386 e. The molecule has 15 heavy (non-hydrogen) atoms. The van der Waals surface area contributed by atoms with Crippen molar-refractivity contribution in [2.24, 2.45) is 0 Å². The molecule has 0 heterocycles. The van der Waals surface area contributed by atoms with E-state index in [-0.39, 0.29) is 5.56 Å². The lowest BCUT2D eigenvalue weighted by atomic mass is 10.1. The van der Waals surface area contributed by atoms with E-state index in [1.165, 1.54) is 0 Å². The van der Waals surface area contributed by atoms with Crippen LogP contribution >= 0.6 is 11.6 Å². The zero-order valence-electron chi connectivity index (χ0n) is 7.35. The van der Waals surface area contributed by atoms with Gasteiger partial charge >= 0.3 is 6.18 Å². The van der Waals surface area contributed by atoms with E-state index in [1.807, 2.05) is 0 Å². The van der Waals surface area contributed by atoms with Gasteiger partial charge in [0, 0.05) is 0 Å². The Morgan fingerprint density at radius 1 is 1.33 bits per heavy atom. The Bertz CT molecular complexity index is 350. The molecule has 1 rings (SSSR count). The molecular formula is C9H7ClF4O. The van der Waals surface area contributed by atoms with Crippen molar-refractivity contribution in [2.45, 2.75) is 12.3 Å². The van der Waals surface area contributed by atoms with E-state index in [9.17, 15) is 17.6 Å². The predicted molar refractivity (Wildman–Crippen MR) is 47.4 cm³/mol. The number of alkyl halides is 4. The third-order valence-corrected chi connectivity index (χ3v) is 2.14. The quantitative estimate of drug-likeness (QED) is 0.789. The zero-order valence-corrected chi connectivity index (χ0v) is 8.11. The van der Waals surface area contributed by atoms with Crippen LogP contribution in [0, 0.1) is 0 Å². The molecule has 0 radical (unpaired) electrons. The molecule has 1 N–H and O–H groups in total. The van der Waals surface area contributed by atoms with Gasteiger partial charge in [-0.15, -0.1) is 0 Å². The van der Waals surface area contributed by atoms with Gasteiger partial charge in [-0.2, -0.15) is 13.2 Å². The highest BCUT2D eigenvalue weighted by Gasteiger charge is 2.33. The molecule has 0 spiro atoms. The lowest BCUT2D eigenvalue weighted by Gasteiger charge is -2.12. The second-order valence-electron chi connectivity index (χ2n) is 2.91. The third kappa shape index (κ3) is 2.82. The number of halogens is 5. The Kier molecular flexibility index (Phi) is 3.57. The molecule has 1 nitrogen and oxygen atoms in total. The van der Waals surface area contributed by atoms with Gasteiger partial charge in [-0.25, -0.2) is 4.39 Å². The highest BCUT2D eigenvalue weighted by Crippen LogP contribution is 2.35. The maximum absolute atomic E-state index is 12.2. The van der Waals surface area contributed by atoms with E-state index in [1.54, 1.807) is 0 Å². The normalized spacial score (nSPS) is 14.0. The average molecular weight is 243 g/mol. The van der Waals surface area contributed by atoms with Crippen LogP contribution in [0.2, 0.25) is 5.02 Å². The largest absolute Gasteiger partial charge is 0.417 e. The zero-order chi connectivity index (χ0) is 11.6. The Hall–Kier alpha value is -0.810. The van der Waals surface area contributed by atoms with Crippen LogP contribution < -0.4 is 0 Å². The number of hydrogen-bond donors (Lipinski definition) is 1. The minimum absolute atomic E-state index is 0.0236. The van der Waals surface area contributed by atoms with Crippen LogP contribution in [0.3, 0.4) is 0 Å². The van der Waals surface area contributed by atoms with E-state index in [0.29, 0.717) is 0 Å². The van der Waals surface area contributed by atoms with Crippen LogP contribution in [-0.2, 0) is 6.18 Å². The van der Waals surface area contributed by atoms with Crippen LogP contribution in [0.5, 0.6) is 0 Å². The molecule has 6 heteroatoms. The van der Waals surface area contributed by atoms with Gasteiger partial charge < -0.3 is 5.11 Å². The number of aliphatic hydroxyl groups excluding tert-OH is 1. The van der Waals surface area contributed by atoms with Crippen molar-refractivity contribution in [2.75, 3.05) is 6.67 Å². The molecule has 0 fully saturated rings. The van der Waals surface area contributed by atoms with Gasteiger partial charge in [-0.05, 0) is 17.7 Å². The summed E-state index contributed by atoms with van der Waals surface area (Å²) in [7, 11) is 0. The van der Waals surface area contributed by atoms with Gasteiger partial charge in [-0.1, -0.05) is 17.7 Å².